The molecule has 2 atom stereocenters. The normalized spacial score (nSPS) is 22.7. The minimum Gasteiger partial charge on any atom is -0.394 e. The Hall–Kier alpha value is -1.43. The number of aliphatic hydroxyl groups is 1. The minimum absolute atomic E-state index is 0.0323. The number of aryl methyl sites for hydroxylation is 1. The summed E-state index contributed by atoms with van der Waals surface area (Å²) in [6, 6.07) is 8.12. The van der Waals surface area contributed by atoms with E-state index < -0.39 is 0 Å². The molecule has 2 unspecified atom stereocenters. The highest BCUT2D eigenvalue weighted by atomic mass is 32.1. The minimum atomic E-state index is -0.278. The van der Waals surface area contributed by atoms with Crippen LogP contribution in [0.2, 0.25) is 0 Å². The Kier molecular flexibility index (Phi) is 3.97. The summed E-state index contributed by atoms with van der Waals surface area (Å²) in [5.74, 6) is 0.0444. The lowest BCUT2D eigenvalue weighted by atomic mass is 10.1. The first-order valence-corrected chi connectivity index (χ1v) is 7.95. The van der Waals surface area contributed by atoms with Gasteiger partial charge in [0.15, 0.2) is 0 Å². The molecule has 4 nitrogen and oxygen atoms in total. The maximum Gasteiger partial charge on any atom is 0.264 e. The second kappa shape index (κ2) is 5.75. The lowest BCUT2D eigenvalue weighted by Crippen LogP contribution is -2.51. The molecular weight excluding hydrogens is 286 g/mol. The monoisotopic (exact) mass is 305 g/mol. The maximum absolute atomic E-state index is 12.9. The van der Waals surface area contributed by atoms with Gasteiger partial charge in [-0.25, -0.2) is 0 Å². The van der Waals surface area contributed by atoms with Gasteiger partial charge in [-0.2, -0.15) is 0 Å². The molecule has 2 heterocycles. The molecule has 112 valence electrons. The van der Waals surface area contributed by atoms with E-state index in [1.54, 1.807) is 11.3 Å². The number of benzene rings is 1. The van der Waals surface area contributed by atoms with Crippen molar-refractivity contribution in [3.8, 4) is 0 Å². The van der Waals surface area contributed by atoms with E-state index in [9.17, 15) is 9.90 Å². The third kappa shape index (κ3) is 2.57. The van der Waals surface area contributed by atoms with Gasteiger partial charge >= 0.3 is 0 Å². The largest absolute Gasteiger partial charge is 0.394 e. The van der Waals surface area contributed by atoms with E-state index in [-0.39, 0.29) is 24.7 Å². The molecule has 5 heteroatoms. The van der Waals surface area contributed by atoms with E-state index >= 15 is 0 Å². The third-order valence-corrected chi connectivity index (χ3v) is 5.27. The number of nitrogens with zero attached hydrogens (tertiary/aromatic N) is 1. The maximum atomic E-state index is 12.9. The molecule has 3 rings (SSSR count). The highest BCUT2D eigenvalue weighted by molar-refractivity contribution is 7.21. The summed E-state index contributed by atoms with van der Waals surface area (Å²) in [6.45, 7) is 4.85. The molecule has 0 bridgehead atoms. The standard InChI is InChI=1S/C16H19NO3S/c1-10-9-20-12(8-18)7-17(10)16(19)15-11(2)13-5-3-4-6-14(13)21-15/h3-6,10,12,18H,7-9H2,1-2H3. The van der Waals surface area contributed by atoms with Crippen LogP contribution in [0.1, 0.15) is 22.2 Å². The molecule has 1 N–H and O–H groups in total. The fourth-order valence-electron chi connectivity index (χ4n) is 2.72. The Balaban J connectivity index is 1.94. The fourth-order valence-corrected chi connectivity index (χ4v) is 3.88. The average Bonchev–Trinajstić information content (AvgIpc) is 2.85. The first kappa shape index (κ1) is 14.5. The lowest BCUT2D eigenvalue weighted by molar-refractivity contribution is -0.0666. The summed E-state index contributed by atoms with van der Waals surface area (Å²) in [4.78, 5) is 15.5. The van der Waals surface area contributed by atoms with Crippen molar-refractivity contribution in [2.24, 2.45) is 0 Å². The van der Waals surface area contributed by atoms with E-state index in [2.05, 4.69) is 6.07 Å². The van der Waals surface area contributed by atoms with E-state index in [0.717, 1.165) is 20.5 Å². The van der Waals surface area contributed by atoms with E-state index in [0.29, 0.717) is 13.2 Å². The number of ether oxygens (including phenoxy) is 1. The van der Waals surface area contributed by atoms with Gasteiger partial charge in [0.2, 0.25) is 0 Å². The van der Waals surface area contributed by atoms with E-state index in [4.69, 9.17) is 4.74 Å². The van der Waals surface area contributed by atoms with Crippen LogP contribution in [0.15, 0.2) is 24.3 Å². The van der Waals surface area contributed by atoms with E-state index in [1.807, 2.05) is 36.9 Å². The molecule has 0 spiro atoms. The van der Waals surface area contributed by atoms with Gasteiger partial charge in [0.1, 0.15) is 0 Å². The van der Waals surface area contributed by atoms with Crippen LogP contribution in [0, 0.1) is 6.92 Å². The van der Waals surface area contributed by atoms with Crippen molar-refractivity contribution in [1.82, 2.24) is 4.90 Å². The third-order valence-electron chi connectivity index (χ3n) is 4.01. The number of fused-ring (bicyclic) bond motifs is 1. The molecule has 1 amide bonds. The summed E-state index contributed by atoms with van der Waals surface area (Å²) < 4.78 is 6.64. The highest BCUT2D eigenvalue weighted by Gasteiger charge is 2.31. The Labute approximate surface area is 127 Å². The summed E-state index contributed by atoms with van der Waals surface area (Å²) in [6.07, 6.45) is -0.278. The van der Waals surface area contributed by atoms with Crippen molar-refractivity contribution in [3.63, 3.8) is 0 Å². The number of rotatable bonds is 2. The fraction of sp³-hybridized carbons (Fsp3) is 0.438. The smallest absolute Gasteiger partial charge is 0.264 e. The van der Waals surface area contributed by atoms with Gasteiger partial charge in [-0.15, -0.1) is 11.3 Å². The van der Waals surface area contributed by atoms with Gasteiger partial charge in [-0.05, 0) is 30.9 Å². The summed E-state index contributed by atoms with van der Waals surface area (Å²) in [7, 11) is 0. The summed E-state index contributed by atoms with van der Waals surface area (Å²) in [5, 5.41) is 10.4. The van der Waals surface area contributed by atoms with Crippen LogP contribution >= 0.6 is 11.3 Å². The molecule has 1 aliphatic rings. The van der Waals surface area contributed by atoms with Crippen LogP contribution in [-0.2, 0) is 4.74 Å². The number of aliphatic hydroxyl groups excluding tert-OH is 1. The summed E-state index contributed by atoms with van der Waals surface area (Å²) in [5.41, 5.74) is 1.04. The van der Waals surface area contributed by atoms with Gasteiger partial charge < -0.3 is 14.7 Å². The zero-order valence-electron chi connectivity index (χ0n) is 12.2. The van der Waals surface area contributed by atoms with Crippen molar-refractivity contribution in [2.75, 3.05) is 19.8 Å². The second-order valence-electron chi connectivity index (χ2n) is 5.50. The molecule has 1 aromatic carbocycles. The van der Waals surface area contributed by atoms with Crippen molar-refractivity contribution in [2.45, 2.75) is 26.0 Å². The Morgan fingerprint density at radius 3 is 2.95 bits per heavy atom. The Bertz CT molecular complexity index is 667. The first-order chi connectivity index (χ1) is 10.1. The van der Waals surface area contributed by atoms with Crippen molar-refractivity contribution < 1.29 is 14.6 Å². The first-order valence-electron chi connectivity index (χ1n) is 7.13. The van der Waals surface area contributed by atoms with Gasteiger partial charge in [0.25, 0.3) is 5.91 Å². The average molecular weight is 305 g/mol. The van der Waals surface area contributed by atoms with E-state index in [1.165, 1.54) is 0 Å². The number of morpholine rings is 1. The zero-order chi connectivity index (χ0) is 15.0. The molecule has 1 fully saturated rings. The quantitative estimate of drug-likeness (QED) is 0.927. The lowest BCUT2D eigenvalue weighted by Gasteiger charge is -2.37. The molecule has 1 saturated heterocycles. The van der Waals surface area contributed by atoms with Crippen LogP contribution in [-0.4, -0.2) is 47.8 Å². The molecule has 1 aliphatic heterocycles. The number of thiophene rings is 1. The Morgan fingerprint density at radius 1 is 1.48 bits per heavy atom. The highest BCUT2D eigenvalue weighted by Crippen LogP contribution is 2.32. The van der Waals surface area contributed by atoms with Gasteiger partial charge in [0, 0.05) is 11.2 Å². The molecular formula is C16H19NO3S. The molecule has 1 aromatic heterocycles. The number of carbonyl (C=O) groups excluding carboxylic acids is 1. The number of amides is 1. The van der Waals surface area contributed by atoms with Gasteiger partial charge in [-0.3, -0.25) is 4.79 Å². The molecule has 2 aromatic rings. The predicted molar refractivity (Wildman–Crippen MR) is 83.9 cm³/mol. The molecule has 21 heavy (non-hydrogen) atoms. The Morgan fingerprint density at radius 2 is 2.24 bits per heavy atom. The zero-order valence-corrected chi connectivity index (χ0v) is 13.0. The molecule has 0 radical (unpaired) electrons. The van der Waals surface area contributed by atoms with Crippen LogP contribution in [0.4, 0.5) is 0 Å². The summed E-state index contributed by atoms with van der Waals surface area (Å²) >= 11 is 1.54. The van der Waals surface area contributed by atoms with Gasteiger partial charge in [0.05, 0.1) is 30.2 Å². The topological polar surface area (TPSA) is 49.8 Å². The van der Waals surface area contributed by atoms with Crippen LogP contribution < -0.4 is 0 Å². The number of hydrogen-bond acceptors (Lipinski definition) is 4. The van der Waals surface area contributed by atoms with Crippen molar-refractivity contribution >= 4 is 27.3 Å². The van der Waals surface area contributed by atoms with Gasteiger partial charge in [-0.1, -0.05) is 18.2 Å². The van der Waals surface area contributed by atoms with Crippen molar-refractivity contribution in [1.29, 1.82) is 0 Å². The number of carbonyl (C=O) groups is 1. The van der Waals surface area contributed by atoms with Crippen molar-refractivity contribution in [3.05, 3.63) is 34.7 Å². The van der Waals surface area contributed by atoms with Crippen LogP contribution in [0.5, 0.6) is 0 Å². The molecule has 0 saturated carbocycles. The van der Waals surface area contributed by atoms with Crippen LogP contribution in [0.25, 0.3) is 10.1 Å². The second-order valence-corrected chi connectivity index (χ2v) is 6.55. The SMILES string of the molecule is Cc1c(C(=O)N2CC(CO)OCC2C)sc2ccccc12. The van der Waals surface area contributed by atoms with Crippen LogP contribution in [0.3, 0.4) is 0 Å². The molecule has 0 aliphatic carbocycles. The predicted octanol–water partition coefficient (Wildman–Crippen LogP) is 2.43. The number of hydrogen-bond donors (Lipinski definition) is 1.